The summed E-state index contributed by atoms with van der Waals surface area (Å²) < 4.78 is 10.7. The van der Waals surface area contributed by atoms with Crippen molar-refractivity contribution in [1.29, 1.82) is 0 Å². The zero-order chi connectivity index (χ0) is 21.5. The van der Waals surface area contributed by atoms with E-state index >= 15 is 0 Å². The van der Waals surface area contributed by atoms with Crippen molar-refractivity contribution in [3.8, 4) is 22.9 Å². The third kappa shape index (κ3) is 5.09. The predicted octanol–water partition coefficient (Wildman–Crippen LogP) is 4.31. The highest BCUT2D eigenvalue weighted by Gasteiger charge is 2.17. The van der Waals surface area contributed by atoms with Crippen LogP contribution in [-0.4, -0.2) is 21.1 Å². The van der Waals surface area contributed by atoms with Crippen molar-refractivity contribution in [2.75, 3.05) is 0 Å². The molecule has 0 aliphatic carbocycles. The van der Waals surface area contributed by atoms with Gasteiger partial charge in [-0.15, -0.1) is 15.1 Å². The summed E-state index contributed by atoms with van der Waals surface area (Å²) in [5.74, 6) is -0.237. The number of carbonyl (C=O) groups excluding carboxylic acids is 1. The fourth-order valence-corrected chi connectivity index (χ4v) is 2.49. The van der Waals surface area contributed by atoms with Crippen molar-refractivity contribution in [2.24, 2.45) is 10.9 Å². The number of nitrogens with two attached hydrogens (primary N) is 1. The summed E-state index contributed by atoms with van der Waals surface area (Å²) in [5.41, 5.74) is 7.96. The van der Waals surface area contributed by atoms with Crippen LogP contribution in [0.2, 0.25) is 0 Å². The van der Waals surface area contributed by atoms with Crippen molar-refractivity contribution in [2.45, 2.75) is 19.9 Å². The van der Waals surface area contributed by atoms with Gasteiger partial charge >= 0.3 is 5.91 Å². The Kier molecular flexibility index (Phi) is 6.56. The summed E-state index contributed by atoms with van der Waals surface area (Å²) in [6.07, 6.45) is 2.85. The van der Waals surface area contributed by atoms with Gasteiger partial charge in [0.2, 0.25) is 17.7 Å². The molecule has 0 fully saturated rings. The average molecular weight is 405 g/mol. The first-order chi connectivity index (χ1) is 14.5. The SMILES string of the molecule is CC(N)c1nnc(-c2cc(C(=O)N=O)cc(-c3ncco3)c2)o1.Cc1ccccc1. The van der Waals surface area contributed by atoms with Crippen molar-refractivity contribution in [1.82, 2.24) is 15.2 Å². The summed E-state index contributed by atoms with van der Waals surface area (Å²) in [6.45, 7) is 3.78. The number of oxazole rings is 1. The highest BCUT2D eigenvalue weighted by atomic mass is 16.4. The molecule has 0 bridgehead atoms. The van der Waals surface area contributed by atoms with E-state index in [-0.39, 0.29) is 23.2 Å². The van der Waals surface area contributed by atoms with Gasteiger partial charge in [-0.2, -0.15) is 0 Å². The lowest BCUT2D eigenvalue weighted by atomic mass is 10.0. The van der Waals surface area contributed by atoms with Crippen molar-refractivity contribution >= 4 is 5.91 Å². The van der Waals surface area contributed by atoms with Crippen LogP contribution in [0.15, 0.2) is 75.0 Å². The molecule has 2 aromatic heterocycles. The van der Waals surface area contributed by atoms with E-state index in [0.717, 1.165) is 0 Å². The molecule has 0 spiro atoms. The Balaban J connectivity index is 0.000000310. The second-order valence-electron chi connectivity index (χ2n) is 6.42. The number of hydrogen-bond acceptors (Lipinski definition) is 8. The maximum absolute atomic E-state index is 11.6. The van der Waals surface area contributed by atoms with Crippen molar-refractivity contribution in [3.05, 3.63) is 82.9 Å². The molecule has 9 heteroatoms. The summed E-state index contributed by atoms with van der Waals surface area (Å²) in [6, 6.07) is 14.4. The molecule has 1 amide bonds. The molecule has 2 aromatic carbocycles. The molecule has 30 heavy (non-hydrogen) atoms. The largest absolute Gasteiger partial charge is 0.445 e. The van der Waals surface area contributed by atoms with E-state index in [2.05, 4.69) is 39.4 Å². The first-order valence-electron chi connectivity index (χ1n) is 9.01. The summed E-state index contributed by atoms with van der Waals surface area (Å²) >= 11 is 0. The topological polar surface area (TPSA) is 137 Å². The third-order valence-electron chi connectivity index (χ3n) is 3.96. The Morgan fingerprint density at radius 1 is 1.07 bits per heavy atom. The summed E-state index contributed by atoms with van der Waals surface area (Å²) in [5, 5.41) is 10.1. The number of aromatic nitrogens is 3. The van der Waals surface area contributed by atoms with E-state index in [1.165, 1.54) is 30.2 Å². The highest BCUT2D eigenvalue weighted by molar-refractivity contribution is 5.97. The van der Waals surface area contributed by atoms with Crippen LogP contribution >= 0.6 is 0 Å². The molecular weight excluding hydrogens is 386 g/mol. The molecule has 9 nitrogen and oxygen atoms in total. The lowest BCUT2D eigenvalue weighted by Crippen LogP contribution is -2.04. The fourth-order valence-electron chi connectivity index (χ4n) is 2.49. The molecule has 0 aliphatic rings. The summed E-state index contributed by atoms with van der Waals surface area (Å²) in [4.78, 5) is 26.2. The molecule has 4 rings (SSSR count). The number of hydrogen-bond donors (Lipinski definition) is 1. The van der Waals surface area contributed by atoms with Crippen LogP contribution < -0.4 is 5.73 Å². The molecule has 0 aliphatic heterocycles. The van der Waals surface area contributed by atoms with Gasteiger partial charge in [0.1, 0.15) is 6.26 Å². The van der Waals surface area contributed by atoms with E-state index in [1.54, 1.807) is 13.0 Å². The van der Waals surface area contributed by atoms with Gasteiger partial charge in [0.15, 0.2) is 0 Å². The Morgan fingerprint density at radius 3 is 2.27 bits per heavy atom. The predicted molar refractivity (Wildman–Crippen MR) is 109 cm³/mol. The van der Waals surface area contributed by atoms with Crippen molar-refractivity contribution in [3.63, 3.8) is 0 Å². The van der Waals surface area contributed by atoms with Crippen LogP contribution in [0.1, 0.15) is 34.8 Å². The maximum atomic E-state index is 11.6. The van der Waals surface area contributed by atoms with E-state index in [1.807, 2.05) is 18.2 Å². The minimum absolute atomic E-state index is 0.0613. The minimum Gasteiger partial charge on any atom is -0.445 e. The van der Waals surface area contributed by atoms with Gasteiger partial charge in [-0.3, -0.25) is 4.79 Å². The Bertz CT molecular complexity index is 1120. The number of amides is 1. The Morgan fingerprint density at radius 2 is 1.77 bits per heavy atom. The molecule has 2 heterocycles. The molecule has 4 aromatic rings. The standard InChI is InChI=1S/C14H11N5O4.C7H8/c1-7(15)12-17-18-14(23-12)10-5-8(11(20)19-21)4-9(6-10)13-16-2-3-22-13;1-7-5-3-2-4-6-7/h2-7H,15H2,1H3;2-6H,1H3. The van der Waals surface area contributed by atoms with Crippen LogP contribution in [0.4, 0.5) is 0 Å². The van der Waals surface area contributed by atoms with Gasteiger partial charge < -0.3 is 14.6 Å². The zero-order valence-electron chi connectivity index (χ0n) is 16.4. The van der Waals surface area contributed by atoms with Gasteiger partial charge in [-0.1, -0.05) is 35.9 Å². The third-order valence-corrected chi connectivity index (χ3v) is 3.96. The van der Waals surface area contributed by atoms with Gasteiger partial charge in [0, 0.05) is 21.9 Å². The smallest absolute Gasteiger partial charge is 0.316 e. The van der Waals surface area contributed by atoms with Crippen LogP contribution in [-0.2, 0) is 0 Å². The summed E-state index contributed by atoms with van der Waals surface area (Å²) in [7, 11) is 0. The average Bonchev–Trinajstić information content (AvgIpc) is 3.46. The molecule has 0 radical (unpaired) electrons. The van der Waals surface area contributed by atoms with Gasteiger partial charge in [0.05, 0.1) is 12.2 Å². The highest BCUT2D eigenvalue weighted by Crippen LogP contribution is 2.28. The first kappa shape index (κ1) is 20.7. The molecule has 1 unspecified atom stereocenters. The number of carbonyl (C=O) groups is 1. The minimum atomic E-state index is -0.924. The lowest BCUT2D eigenvalue weighted by molar-refractivity contribution is 0.100. The molecular formula is C21H19N5O4. The molecule has 0 saturated heterocycles. The zero-order valence-corrected chi connectivity index (χ0v) is 16.4. The van der Waals surface area contributed by atoms with Gasteiger partial charge in [0.25, 0.3) is 0 Å². The van der Waals surface area contributed by atoms with E-state index < -0.39 is 11.9 Å². The Labute approximate surface area is 171 Å². The Hall–Kier alpha value is -3.98. The molecule has 2 N–H and O–H groups in total. The quantitative estimate of drug-likeness (QED) is 0.496. The molecule has 152 valence electrons. The van der Waals surface area contributed by atoms with Crippen LogP contribution in [0.25, 0.3) is 22.9 Å². The first-order valence-corrected chi connectivity index (χ1v) is 9.01. The lowest BCUT2D eigenvalue weighted by Gasteiger charge is -2.03. The van der Waals surface area contributed by atoms with E-state index in [9.17, 15) is 9.70 Å². The number of nitroso groups, excluding NO2 is 1. The number of benzene rings is 2. The maximum Gasteiger partial charge on any atom is 0.316 e. The van der Waals surface area contributed by atoms with Crippen LogP contribution in [0.5, 0.6) is 0 Å². The molecule has 0 saturated carbocycles. The van der Waals surface area contributed by atoms with E-state index in [0.29, 0.717) is 11.1 Å². The fraction of sp³-hybridized carbons (Fsp3) is 0.143. The van der Waals surface area contributed by atoms with Crippen LogP contribution in [0.3, 0.4) is 0 Å². The number of aryl methyl sites for hydroxylation is 1. The second kappa shape index (κ2) is 9.48. The van der Waals surface area contributed by atoms with E-state index in [4.69, 9.17) is 14.6 Å². The monoisotopic (exact) mass is 405 g/mol. The normalized spacial score (nSPS) is 11.3. The van der Waals surface area contributed by atoms with Gasteiger partial charge in [-0.05, 0) is 32.0 Å². The number of rotatable bonds is 4. The van der Waals surface area contributed by atoms with Crippen LogP contribution in [0, 0.1) is 11.8 Å². The van der Waals surface area contributed by atoms with Gasteiger partial charge in [-0.25, -0.2) is 4.98 Å². The number of nitrogens with zero attached hydrogens (tertiary/aromatic N) is 4. The second-order valence-corrected chi connectivity index (χ2v) is 6.42. The molecule has 1 atom stereocenters. The van der Waals surface area contributed by atoms with Crippen molar-refractivity contribution < 1.29 is 13.6 Å².